The van der Waals surface area contributed by atoms with Gasteiger partial charge in [-0.15, -0.1) is 12.4 Å². The highest BCUT2D eigenvalue weighted by Gasteiger charge is 2.49. The van der Waals surface area contributed by atoms with Gasteiger partial charge in [0, 0.05) is 6.61 Å². The zero-order valence-corrected chi connectivity index (χ0v) is 19.4. The van der Waals surface area contributed by atoms with E-state index in [-0.39, 0.29) is 12.4 Å². The van der Waals surface area contributed by atoms with Gasteiger partial charge >= 0.3 is 0 Å². The van der Waals surface area contributed by atoms with E-state index in [9.17, 15) is 0 Å². The Morgan fingerprint density at radius 2 is 1.29 bits per heavy atom. The van der Waals surface area contributed by atoms with Crippen LogP contribution in [0.2, 0.25) is 0 Å². The van der Waals surface area contributed by atoms with E-state index in [2.05, 4.69) is 98.8 Å². The van der Waals surface area contributed by atoms with Crippen LogP contribution >= 0.6 is 12.4 Å². The highest BCUT2D eigenvalue weighted by Crippen LogP contribution is 2.44. The number of halogens is 1. The molecular formula is C28H34ClNO. The molecule has 0 fully saturated rings. The van der Waals surface area contributed by atoms with Gasteiger partial charge < -0.3 is 10.5 Å². The Morgan fingerprint density at radius 1 is 0.806 bits per heavy atom. The summed E-state index contributed by atoms with van der Waals surface area (Å²) in [5, 5.41) is 0. The summed E-state index contributed by atoms with van der Waals surface area (Å²) in [6.07, 6.45) is 6.98. The van der Waals surface area contributed by atoms with Crippen molar-refractivity contribution in [3.63, 3.8) is 0 Å². The smallest absolute Gasteiger partial charge is 0.136 e. The summed E-state index contributed by atoms with van der Waals surface area (Å²) < 4.78 is 6.68. The van der Waals surface area contributed by atoms with E-state index >= 15 is 0 Å². The van der Waals surface area contributed by atoms with Crippen molar-refractivity contribution in [3.8, 4) is 0 Å². The SMILES string of the molecule is CCCOC(c1ccccc1)(c1ccccc1)C(C)(N)CCC=Cc1ccccc1.Cl. The second-order valence-electron chi connectivity index (χ2n) is 8.03. The van der Waals surface area contributed by atoms with Crippen LogP contribution in [0.4, 0.5) is 0 Å². The van der Waals surface area contributed by atoms with Gasteiger partial charge in [0.25, 0.3) is 0 Å². The zero-order valence-electron chi connectivity index (χ0n) is 18.5. The lowest BCUT2D eigenvalue weighted by Crippen LogP contribution is -2.58. The third-order valence-corrected chi connectivity index (χ3v) is 5.63. The van der Waals surface area contributed by atoms with Crippen LogP contribution in [-0.4, -0.2) is 12.1 Å². The topological polar surface area (TPSA) is 35.2 Å². The molecule has 31 heavy (non-hydrogen) atoms. The van der Waals surface area contributed by atoms with Gasteiger partial charge in [0.15, 0.2) is 0 Å². The summed E-state index contributed by atoms with van der Waals surface area (Å²) in [7, 11) is 0. The Labute approximate surface area is 193 Å². The minimum Gasteiger partial charge on any atom is -0.364 e. The lowest BCUT2D eigenvalue weighted by molar-refractivity contribution is -0.0718. The van der Waals surface area contributed by atoms with Gasteiger partial charge in [-0.05, 0) is 42.9 Å². The van der Waals surface area contributed by atoms with Crippen LogP contribution in [0, 0.1) is 0 Å². The van der Waals surface area contributed by atoms with Crippen LogP contribution in [0.25, 0.3) is 6.08 Å². The maximum Gasteiger partial charge on any atom is 0.136 e. The fraction of sp³-hybridized carbons (Fsp3) is 0.286. The summed E-state index contributed by atoms with van der Waals surface area (Å²) in [5.74, 6) is 0. The fourth-order valence-electron chi connectivity index (χ4n) is 4.10. The van der Waals surface area contributed by atoms with Gasteiger partial charge in [-0.3, -0.25) is 0 Å². The van der Waals surface area contributed by atoms with Crippen LogP contribution in [0.3, 0.4) is 0 Å². The monoisotopic (exact) mass is 435 g/mol. The molecule has 2 N–H and O–H groups in total. The molecule has 0 aliphatic heterocycles. The van der Waals surface area contributed by atoms with Gasteiger partial charge in [0.2, 0.25) is 0 Å². The predicted molar refractivity (Wildman–Crippen MR) is 134 cm³/mol. The Kier molecular flexibility index (Phi) is 9.51. The molecule has 2 nitrogen and oxygen atoms in total. The van der Waals surface area contributed by atoms with E-state index in [0.717, 1.165) is 30.4 Å². The lowest BCUT2D eigenvalue weighted by atomic mass is 9.69. The van der Waals surface area contributed by atoms with Crippen LogP contribution < -0.4 is 5.73 Å². The quantitative estimate of drug-likeness (QED) is 0.372. The second-order valence-corrected chi connectivity index (χ2v) is 8.03. The summed E-state index contributed by atoms with van der Waals surface area (Å²) in [6.45, 7) is 4.91. The Hall–Kier alpha value is -2.39. The molecular weight excluding hydrogens is 402 g/mol. The Balaban J connectivity index is 0.00000341. The first-order chi connectivity index (χ1) is 14.6. The van der Waals surface area contributed by atoms with E-state index in [1.807, 2.05) is 18.2 Å². The first-order valence-corrected chi connectivity index (χ1v) is 10.9. The average Bonchev–Trinajstić information content (AvgIpc) is 2.79. The zero-order chi connectivity index (χ0) is 21.3. The summed E-state index contributed by atoms with van der Waals surface area (Å²) in [5.41, 5.74) is 9.20. The van der Waals surface area contributed by atoms with E-state index in [1.165, 1.54) is 5.56 Å². The normalized spacial score (nSPS) is 13.5. The highest BCUT2D eigenvalue weighted by molar-refractivity contribution is 5.85. The number of benzene rings is 3. The molecule has 1 atom stereocenters. The molecule has 164 valence electrons. The van der Waals surface area contributed by atoms with Crippen molar-refractivity contribution in [1.82, 2.24) is 0 Å². The van der Waals surface area contributed by atoms with Crippen molar-refractivity contribution in [2.24, 2.45) is 5.73 Å². The second kappa shape index (κ2) is 11.9. The van der Waals surface area contributed by atoms with Crippen LogP contribution in [0.1, 0.15) is 49.8 Å². The highest BCUT2D eigenvalue weighted by atomic mass is 35.5. The van der Waals surface area contributed by atoms with Crippen LogP contribution in [0.15, 0.2) is 97.1 Å². The maximum absolute atomic E-state index is 7.12. The number of ether oxygens (including phenoxy) is 1. The van der Waals surface area contributed by atoms with Crippen molar-refractivity contribution in [2.75, 3.05) is 6.61 Å². The van der Waals surface area contributed by atoms with E-state index in [4.69, 9.17) is 10.5 Å². The molecule has 3 aromatic carbocycles. The molecule has 0 aliphatic carbocycles. The largest absolute Gasteiger partial charge is 0.364 e. The van der Waals surface area contributed by atoms with E-state index in [1.54, 1.807) is 0 Å². The third-order valence-electron chi connectivity index (χ3n) is 5.63. The number of nitrogens with two attached hydrogens (primary N) is 1. The Bertz CT molecular complexity index is 868. The maximum atomic E-state index is 7.12. The van der Waals surface area contributed by atoms with Crippen LogP contribution in [-0.2, 0) is 10.3 Å². The first-order valence-electron chi connectivity index (χ1n) is 10.9. The first kappa shape index (κ1) is 24.9. The van der Waals surface area contributed by atoms with Gasteiger partial charge in [0.05, 0.1) is 5.54 Å². The molecule has 3 heteroatoms. The summed E-state index contributed by atoms with van der Waals surface area (Å²) in [4.78, 5) is 0. The number of rotatable bonds is 10. The van der Waals surface area contributed by atoms with Crippen molar-refractivity contribution < 1.29 is 4.74 Å². The molecule has 0 radical (unpaired) electrons. The van der Waals surface area contributed by atoms with Crippen molar-refractivity contribution in [2.45, 2.75) is 44.2 Å². The number of hydrogen-bond acceptors (Lipinski definition) is 2. The average molecular weight is 436 g/mol. The standard InChI is InChI=1S/C28H33NO.ClH/c1-3-23-30-28(25-18-9-5-10-19-25,26-20-11-6-12-21-26)27(2,29)22-14-13-17-24-15-7-4-8-16-24;/h4-13,15-21H,3,14,22-23,29H2,1-2H3;1H. The molecule has 0 amide bonds. The third kappa shape index (κ3) is 5.86. The molecule has 0 bridgehead atoms. The molecule has 0 spiro atoms. The van der Waals surface area contributed by atoms with Crippen molar-refractivity contribution >= 4 is 18.5 Å². The van der Waals surface area contributed by atoms with Crippen molar-refractivity contribution in [1.29, 1.82) is 0 Å². The molecule has 0 saturated carbocycles. The number of allylic oxidation sites excluding steroid dienone is 1. The van der Waals surface area contributed by atoms with E-state index in [0.29, 0.717) is 6.61 Å². The Morgan fingerprint density at radius 3 is 1.77 bits per heavy atom. The van der Waals surface area contributed by atoms with Crippen LogP contribution in [0.5, 0.6) is 0 Å². The van der Waals surface area contributed by atoms with Gasteiger partial charge in [-0.2, -0.15) is 0 Å². The lowest BCUT2D eigenvalue weighted by Gasteiger charge is -2.47. The molecule has 3 rings (SSSR count). The van der Waals surface area contributed by atoms with Gasteiger partial charge in [0.1, 0.15) is 5.60 Å². The molecule has 1 unspecified atom stereocenters. The van der Waals surface area contributed by atoms with E-state index < -0.39 is 11.1 Å². The van der Waals surface area contributed by atoms with Crippen molar-refractivity contribution in [3.05, 3.63) is 114 Å². The minimum absolute atomic E-state index is 0. The molecule has 0 heterocycles. The number of hydrogen-bond donors (Lipinski definition) is 1. The predicted octanol–water partition coefficient (Wildman–Crippen LogP) is 6.99. The molecule has 0 aromatic heterocycles. The van der Waals surface area contributed by atoms with Gasteiger partial charge in [-0.1, -0.05) is 110 Å². The summed E-state index contributed by atoms with van der Waals surface area (Å²) in [6, 6.07) is 31.2. The molecule has 0 aliphatic rings. The molecule has 0 saturated heterocycles. The minimum atomic E-state index is -0.716. The summed E-state index contributed by atoms with van der Waals surface area (Å²) >= 11 is 0. The van der Waals surface area contributed by atoms with Gasteiger partial charge in [-0.25, -0.2) is 0 Å². The fourth-order valence-corrected chi connectivity index (χ4v) is 4.10. The molecule has 3 aromatic rings.